The molecule has 0 aliphatic rings. The van der Waals surface area contributed by atoms with Crippen molar-refractivity contribution in [1.29, 1.82) is 0 Å². The van der Waals surface area contributed by atoms with Gasteiger partial charge in [-0.15, -0.1) is 0 Å². The quantitative estimate of drug-likeness (QED) is 0.739. The molecule has 4 nitrogen and oxygen atoms in total. The molecule has 1 aromatic rings. The summed E-state index contributed by atoms with van der Waals surface area (Å²) in [6, 6.07) is 1.30. The van der Waals surface area contributed by atoms with Crippen molar-refractivity contribution in [2.75, 3.05) is 0 Å². The minimum absolute atomic E-state index is 0.196. The fourth-order valence-corrected chi connectivity index (χ4v) is 1.53. The lowest BCUT2D eigenvalue weighted by Crippen LogP contribution is -2.25. The lowest BCUT2D eigenvalue weighted by Gasteiger charge is -2.21. The Kier molecular flexibility index (Phi) is 2.71. The number of H-pyrrole nitrogens is 1. The third-order valence-corrected chi connectivity index (χ3v) is 2.20. The van der Waals surface area contributed by atoms with Gasteiger partial charge in [0.25, 0.3) is 0 Å². The van der Waals surface area contributed by atoms with Crippen molar-refractivity contribution in [2.45, 2.75) is 33.1 Å². The predicted molar refractivity (Wildman–Crippen MR) is 57.5 cm³/mol. The Bertz CT molecular complexity index is 452. The first-order valence-electron chi connectivity index (χ1n) is 4.71. The van der Waals surface area contributed by atoms with Gasteiger partial charge in [-0.05, 0) is 12.5 Å². The molecule has 0 atom stereocenters. The molecule has 1 aromatic heterocycles. The van der Waals surface area contributed by atoms with Gasteiger partial charge >= 0.3 is 5.97 Å². The highest BCUT2D eigenvalue weighted by Gasteiger charge is 2.24. The predicted octanol–water partition coefficient (Wildman–Crippen LogP) is 1.68. The van der Waals surface area contributed by atoms with E-state index >= 15 is 0 Å². The minimum atomic E-state index is -1.01. The van der Waals surface area contributed by atoms with Crippen LogP contribution >= 0.6 is 0 Å². The van der Waals surface area contributed by atoms with Gasteiger partial charge in [-0.25, -0.2) is 4.79 Å². The number of rotatable bonds is 1. The highest BCUT2D eigenvalue weighted by atomic mass is 16.4. The molecular weight excluding hydrogens is 194 g/mol. The molecule has 0 unspecified atom stereocenters. The number of hydrogen-bond acceptors (Lipinski definition) is 2. The molecular formula is C11H15NO3. The minimum Gasteiger partial charge on any atom is -0.478 e. The summed E-state index contributed by atoms with van der Waals surface area (Å²) in [7, 11) is 0. The Morgan fingerprint density at radius 3 is 2.33 bits per heavy atom. The zero-order valence-electron chi connectivity index (χ0n) is 9.34. The van der Waals surface area contributed by atoms with E-state index in [1.165, 1.54) is 6.07 Å². The van der Waals surface area contributed by atoms with Gasteiger partial charge in [-0.3, -0.25) is 4.79 Å². The maximum atomic E-state index is 11.3. The summed E-state index contributed by atoms with van der Waals surface area (Å²) in [4.78, 5) is 25.0. The van der Waals surface area contributed by atoms with Crippen LogP contribution in [-0.2, 0) is 5.41 Å². The Morgan fingerprint density at radius 2 is 1.93 bits per heavy atom. The van der Waals surface area contributed by atoms with Gasteiger partial charge in [0.15, 0.2) is 0 Å². The number of hydrogen-bond donors (Lipinski definition) is 2. The van der Waals surface area contributed by atoms with Gasteiger partial charge in [0.2, 0.25) is 5.56 Å². The molecule has 2 N–H and O–H groups in total. The monoisotopic (exact) mass is 209 g/mol. The van der Waals surface area contributed by atoms with Gasteiger partial charge < -0.3 is 10.1 Å². The summed E-state index contributed by atoms with van der Waals surface area (Å²) in [6.07, 6.45) is 0. The highest BCUT2D eigenvalue weighted by Crippen LogP contribution is 2.24. The second-order valence-electron chi connectivity index (χ2n) is 4.62. The number of carboxylic acid groups (broad SMARTS) is 1. The normalized spacial score (nSPS) is 11.5. The summed E-state index contributed by atoms with van der Waals surface area (Å²) in [5, 5.41) is 9.08. The van der Waals surface area contributed by atoms with E-state index in [1.54, 1.807) is 6.92 Å². The van der Waals surface area contributed by atoms with Gasteiger partial charge in [-0.1, -0.05) is 20.8 Å². The first-order chi connectivity index (χ1) is 6.73. The number of pyridine rings is 1. The van der Waals surface area contributed by atoms with E-state index in [-0.39, 0.29) is 16.5 Å². The number of carboxylic acids is 1. The van der Waals surface area contributed by atoms with Crippen molar-refractivity contribution in [1.82, 2.24) is 4.98 Å². The van der Waals surface area contributed by atoms with Crippen molar-refractivity contribution in [3.05, 3.63) is 33.2 Å². The molecule has 4 heteroatoms. The second-order valence-corrected chi connectivity index (χ2v) is 4.62. The number of aryl methyl sites for hydroxylation is 1. The molecule has 0 radical (unpaired) electrons. The fourth-order valence-electron chi connectivity index (χ4n) is 1.53. The number of nitrogens with one attached hydrogen (secondary N) is 1. The molecule has 1 heterocycles. The van der Waals surface area contributed by atoms with Crippen molar-refractivity contribution in [2.24, 2.45) is 0 Å². The molecule has 0 saturated heterocycles. The molecule has 0 saturated carbocycles. The summed E-state index contributed by atoms with van der Waals surface area (Å²) in [5.41, 5.74) is 0.513. The largest absolute Gasteiger partial charge is 0.478 e. The average molecular weight is 209 g/mol. The number of aromatic amines is 1. The average Bonchev–Trinajstić information content (AvgIpc) is 1.99. The van der Waals surface area contributed by atoms with E-state index in [2.05, 4.69) is 4.98 Å². The van der Waals surface area contributed by atoms with Gasteiger partial charge in [0.05, 0.1) is 5.56 Å². The zero-order chi connectivity index (χ0) is 11.8. The van der Waals surface area contributed by atoms with Crippen molar-refractivity contribution < 1.29 is 9.90 Å². The molecule has 1 rings (SSSR count). The van der Waals surface area contributed by atoms with E-state index in [0.29, 0.717) is 11.3 Å². The van der Waals surface area contributed by atoms with Crippen LogP contribution < -0.4 is 5.56 Å². The van der Waals surface area contributed by atoms with Crippen LogP contribution in [0.5, 0.6) is 0 Å². The van der Waals surface area contributed by atoms with E-state index < -0.39 is 5.97 Å². The number of carbonyl (C=O) groups is 1. The first-order valence-corrected chi connectivity index (χ1v) is 4.71. The standard InChI is InChI=1S/C11H15NO3/c1-6-5-7(13)12-9(11(2,3)4)8(6)10(14)15/h5H,1-4H3,(H,12,13)(H,14,15). The Morgan fingerprint density at radius 1 is 1.40 bits per heavy atom. The van der Waals surface area contributed by atoms with Crippen LogP contribution in [0.4, 0.5) is 0 Å². The lowest BCUT2D eigenvalue weighted by atomic mass is 9.87. The van der Waals surface area contributed by atoms with Gasteiger partial charge in [-0.2, -0.15) is 0 Å². The van der Waals surface area contributed by atoms with E-state index in [0.717, 1.165) is 0 Å². The Hall–Kier alpha value is -1.58. The SMILES string of the molecule is Cc1cc(=O)[nH]c(C(C)(C)C)c1C(=O)O. The van der Waals surface area contributed by atoms with E-state index in [1.807, 2.05) is 20.8 Å². The Balaban J connectivity index is 3.62. The van der Waals surface area contributed by atoms with Crippen LogP contribution in [-0.4, -0.2) is 16.1 Å². The smallest absolute Gasteiger partial charge is 0.337 e. The highest BCUT2D eigenvalue weighted by molar-refractivity contribution is 5.90. The summed E-state index contributed by atoms with van der Waals surface area (Å²) in [6.45, 7) is 7.23. The molecule has 15 heavy (non-hydrogen) atoms. The van der Waals surface area contributed by atoms with E-state index in [9.17, 15) is 9.59 Å². The lowest BCUT2D eigenvalue weighted by molar-refractivity contribution is 0.0692. The van der Waals surface area contributed by atoms with Crippen LogP contribution in [0, 0.1) is 6.92 Å². The van der Waals surface area contributed by atoms with Crippen LogP contribution in [0.15, 0.2) is 10.9 Å². The molecule has 0 fully saturated rings. The molecule has 82 valence electrons. The van der Waals surface area contributed by atoms with Crippen LogP contribution in [0.1, 0.15) is 42.4 Å². The van der Waals surface area contributed by atoms with Crippen molar-refractivity contribution >= 4 is 5.97 Å². The van der Waals surface area contributed by atoms with Crippen LogP contribution in [0.3, 0.4) is 0 Å². The summed E-state index contributed by atoms with van der Waals surface area (Å²) < 4.78 is 0. The zero-order valence-corrected chi connectivity index (χ0v) is 9.34. The number of aromatic carboxylic acids is 1. The molecule has 0 aromatic carbocycles. The molecule has 0 aliphatic heterocycles. The fraction of sp³-hybridized carbons (Fsp3) is 0.455. The number of aromatic nitrogens is 1. The Labute approximate surface area is 88.0 Å². The third-order valence-electron chi connectivity index (χ3n) is 2.20. The van der Waals surface area contributed by atoms with Crippen molar-refractivity contribution in [3.63, 3.8) is 0 Å². The molecule has 0 spiro atoms. The molecule has 0 amide bonds. The van der Waals surface area contributed by atoms with Gasteiger partial charge in [0.1, 0.15) is 0 Å². The van der Waals surface area contributed by atoms with E-state index in [4.69, 9.17) is 5.11 Å². The third kappa shape index (κ3) is 2.26. The van der Waals surface area contributed by atoms with Crippen LogP contribution in [0.25, 0.3) is 0 Å². The van der Waals surface area contributed by atoms with Crippen molar-refractivity contribution in [3.8, 4) is 0 Å². The maximum absolute atomic E-state index is 11.3. The molecule has 0 bridgehead atoms. The molecule has 0 aliphatic carbocycles. The summed E-state index contributed by atoms with van der Waals surface area (Å²) in [5.74, 6) is -1.01. The second kappa shape index (κ2) is 3.53. The first kappa shape index (κ1) is 11.5. The van der Waals surface area contributed by atoms with Gasteiger partial charge in [0, 0.05) is 17.2 Å². The topological polar surface area (TPSA) is 70.2 Å². The maximum Gasteiger partial charge on any atom is 0.337 e. The van der Waals surface area contributed by atoms with Crippen LogP contribution in [0.2, 0.25) is 0 Å². The summed E-state index contributed by atoms with van der Waals surface area (Å²) >= 11 is 0.